The van der Waals surface area contributed by atoms with Crippen molar-refractivity contribution in [3.63, 3.8) is 0 Å². The van der Waals surface area contributed by atoms with Crippen molar-refractivity contribution in [3.05, 3.63) is 47.7 Å². The molecule has 1 heterocycles. The highest BCUT2D eigenvalue weighted by atomic mass is 32.2. The number of alkyl halides is 3. The number of pyridine rings is 1. The van der Waals surface area contributed by atoms with Crippen LogP contribution in [0.2, 0.25) is 0 Å². The fraction of sp³-hybridized carbons (Fsp3) is 0.476. The first-order chi connectivity index (χ1) is 14.6. The van der Waals surface area contributed by atoms with E-state index in [4.69, 9.17) is 9.47 Å². The third-order valence-electron chi connectivity index (χ3n) is 5.10. The number of hydrogen-bond donors (Lipinski definition) is 1. The Hall–Kier alpha value is -2.33. The van der Waals surface area contributed by atoms with Crippen LogP contribution in [0.15, 0.2) is 41.4 Å². The third kappa shape index (κ3) is 6.10. The van der Waals surface area contributed by atoms with Crippen LogP contribution in [0.1, 0.15) is 43.7 Å². The van der Waals surface area contributed by atoms with Gasteiger partial charge in [0.25, 0.3) is 0 Å². The van der Waals surface area contributed by atoms with Crippen molar-refractivity contribution in [3.8, 4) is 11.6 Å². The summed E-state index contributed by atoms with van der Waals surface area (Å²) in [6.45, 7) is 4.15. The van der Waals surface area contributed by atoms with E-state index >= 15 is 0 Å². The van der Waals surface area contributed by atoms with Crippen LogP contribution < -0.4 is 14.2 Å². The van der Waals surface area contributed by atoms with Gasteiger partial charge in [0.05, 0.1) is 17.1 Å². The van der Waals surface area contributed by atoms with Gasteiger partial charge in [0.1, 0.15) is 11.9 Å². The number of aromatic nitrogens is 1. The molecule has 170 valence electrons. The van der Waals surface area contributed by atoms with E-state index in [1.807, 2.05) is 6.92 Å². The van der Waals surface area contributed by atoms with Crippen LogP contribution >= 0.6 is 0 Å². The summed E-state index contributed by atoms with van der Waals surface area (Å²) in [5.74, 6) is 0.776. The Morgan fingerprint density at radius 3 is 2.39 bits per heavy atom. The molecule has 1 aromatic carbocycles. The lowest BCUT2D eigenvalue weighted by molar-refractivity contribution is -0.137. The number of sulfonamides is 1. The summed E-state index contributed by atoms with van der Waals surface area (Å²) < 4.78 is 77.1. The van der Waals surface area contributed by atoms with Gasteiger partial charge in [-0.15, -0.1) is 0 Å². The minimum absolute atomic E-state index is 0.127. The molecule has 1 aromatic heterocycles. The first-order valence-corrected chi connectivity index (χ1v) is 11.5. The number of halogens is 3. The van der Waals surface area contributed by atoms with Crippen molar-refractivity contribution >= 4 is 10.0 Å². The molecule has 0 saturated heterocycles. The molecule has 0 bridgehead atoms. The quantitative estimate of drug-likeness (QED) is 0.662. The van der Waals surface area contributed by atoms with Crippen molar-refractivity contribution in [2.45, 2.75) is 62.7 Å². The number of benzene rings is 1. The van der Waals surface area contributed by atoms with Gasteiger partial charge in [0, 0.05) is 18.3 Å². The van der Waals surface area contributed by atoms with E-state index in [0.717, 1.165) is 17.8 Å². The molecule has 3 rings (SSSR count). The van der Waals surface area contributed by atoms with E-state index in [1.54, 1.807) is 19.1 Å². The van der Waals surface area contributed by atoms with Gasteiger partial charge in [0.15, 0.2) is 0 Å². The SMILES string of the molecule is CCOc1ccc(S(=O)(=O)NC2CCC(Oc3ccc(C(F)(F)F)cn3)CC2)cc1C. The van der Waals surface area contributed by atoms with Crippen molar-refractivity contribution in [1.29, 1.82) is 0 Å². The molecule has 0 radical (unpaired) electrons. The summed E-state index contributed by atoms with van der Waals surface area (Å²) in [6.07, 6.45) is -1.67. The zero-order chi connectivity index (χ0) is 22.6. The lowest BCUT2D eigenvalue weighted by atomic mass is 9.94. The maximum atomic E-state index is 12.7. The largest absolute Gasteiger partial charge is 0.494 e. The van der Waals surface area contributed by atoms with Gasteiger partial charge in [-0.25, -0.2) is 18.1 Å². The summed E-state index contributed by atoms with van der Waals surface area (Å²) in [7, 11) is -3.67. The van der Waals surface area contributed by atoms with Gasteiger partial charge >= 0.3 is 6.18 Å². The van der Waals surface area contributed by atoms with Crippen LogP contribution in [0.4, 0.5) is 13.2 Å². The summed E-state index contributed by atoms with van der Waals surface area (Å²) in [5, 5.41) is 0. The highest BCUT2D eigenvalue weighted by molar-refractivity contribution is 7.89. The lowest BCUT2D eigenvalue weighted by Gasteiger charge is -2.29. The molecule has 2 aromatic rings. The molecular formula is C21H25F3N2O4S. The third-order valence-corrected chi connectivity index (χ3v) is 6.62. The Bertz CT molecular complexity index is 987. The highest BCUT2D eigenvalue weighted by Crippen LogP contribution is 2.30. The van der Waals surface area contributed by atoms with E-state index in [9.17, 15) is 21.6 Å². The van der Waals surface area contributed by atoms with Crippen molar-refractivity contribution in [2.75, 3.05) is 6.61 Å². The second kappa shape index (κ2) is 9.44. The van der Waals surface area contributed by atoms with Crippen molar-refractivity contribution in [1.82, 2.24) is 9.71 Å². The smallest absolute Gasteiger partial charge is 0.417 e. The standard InChI is InChI=1S/C21H25F3N2O4S/c1-3-29-19-10-9-18(12-14(19)2)31(27,28)26-16-5-7-17(8-6-16)30-20-11-4-15(13-25-20)21(22,23)24/h4,9-13,16-17,26H,3,5-8H2,1-2H3. The fourth-order valence-corrected chi connectivity index (χ4v) is 4.87. The van der Waals surface area contributed by atoms with E-state index in [0.29, 0.717) is 38.0 Å². The van der Waals surface area contributed by atoms with Gasteiger partial charge in [-0.2, -0.15) is 13.2 Å². The Balaban J connectivity index is 1.54. The number of ether oxygens (including phenoxy) is 2. The normalized spacial score (nSPS) is 19.8. The van der Waals surface area contributed by atoms with Gasteiger partial charge in [-0.1, -0.05) is 0 Å². The Morgan fingerprint density at radius 2 is 1.84 bits per heavy atom. The number of hydrogen-bond acceptors (Lipinski definition) is 5. The summed E-state index contributed by atoms with van der Waals surface area (Å²) in [6, 6.07) is 6.64. The molecule has 1 fully saturated rings. The molecule has 0 aliphatic heterocycles. The number of nitrogens with one attached hydrogen (secondary N) is 1. The van der Waals surface area contributed by atoms with E-state index in [-0.39, 0.29) is 22.9 Å². The van der Waals surface area contributed by atoms with Crippen LogP contribution in [0.5, 0.6) is 11.6 Å². The lowest BCUT2D eigenvalue weighted by Crippen LogP contribution is -2.39. The van der Waals surface area contributed by atoms with Gasteiger partial charge in [-0.3, -0.25) is 0 Å². The second-order valence-electron chi connectivity index (χ2n) is 7.46. The minimum atomic E-state index is -4.44. The summed E-state index contributed by atoms with van der Waals surface area (Å²) in [4.78, 5) is 3.90. The highest BCUT2D eigenvalue weighted by Gasteiger charge is 2.31. The van der Waals surface area contributed by atoms with Crippen LogP contribution in [-0.2, 0) is 16.2 Å². The molecule has 10 heteroatoms. The van der Waals surface area contributed by atoms with E-state index in [1.165, 1.54) is 12.1 Å². The Labute approximate surface area is 179 Å². The van der Waals surface area contributed by atoms with Gasteiger partial charge < -0.3 is 9.47 Å². The van der Waals surface area contributed by atoms with Crippen LogP contribution in [0.3, 0.4) is 0 Å². The van der Waals surface area contributed by atoms with Crippen molar-refractivity contribution < 1.29 is 31.1 Å². The van der Waals surface area contributed by atoms with Gasteiger partial charge in [0.2, 0.25) is 15.9 Å². The first-order valence-electron chi connectivity index (χ1n) is 10.0. The minimum Gasteiger partial charge on any atom is -0.494 e. The molecule has 0 atom stereocenters. The van der Waals surface area contributed by atoms with Crippen molar-refractivity contribution in [2.24, 2.45) is 0 Å². The number of rotatable bonds is 7. The van der Waals surface area contributed by atoms with E-state index < -0.39 is 21.8 Å². The predicted octanol–water partition coefficient (Wildman–Crippen LogP) is 4.48. The molecule has 0 spiro atoms. The Morgan fingerprint density at radius 1 is 1.13 bits per heavy atom. The molecule has 1 saturated carbocycles. The second-order valence-corrected chi connectivity index (χ2v) is 9.17. The average molecular weight is 459 g/mol. The first kappa shape index (κ1) is 23.3. The maximum absolute atomic E-state index is 12.7. The molecule has 1 aliphatic carbocycles. The molecule has 0 amide bonds. The maximum Gasteiger partial charge on any atom is 0.417 e. The summed E-state index contributed by atoms with van der Waals surface area (Å²) >= 11 is 0. The predicted molar refractivity (Wildman–Crippen MR) is 109 cm³/mol. The zero-order valence-corrected chi connectivity index (χ0v) is 18.1. The van der Waals surface area contributed by atoms with Crippen LogP contribution in [0, 0.1) is 6.92 Å². The van der Waals surface area contributed by atoms with E-state index in [2.05, 4.69) is 9.71 Å². The molecule has 31 heavy (non-hydrogen) atoms. The molecule has 1 N–H and O–H groups in total. The summed E-state index contributed by atoms with van der Waals surface area (Å²) in [5.41, 5.74) is -0.0895. The monoisotopic (exact) mass is 458 g/mol. The van der Waals surface area contributed by atoms with Crippen LogP contribution in [-0.4, -0.2) is 32.2 Å². The molecule has 6 nitrogen and oxygen atoms in total. The Kier molecular flexibility index (Phi) is 7.10. The fourth-order valence-electron chi connectivity index (χ4n) is 3.48. The molecule has 0 unspecified atom stereocenters. The van der Waals surface area contributed by atoms with Crippen LogP contribution in [0.25, 0.3) is 0 Å². The molecule has 1 aliphatic rings. The molecular weight excluding hydrogens is 433 g/mol. The average Bonchev–Trinajstić information content (AvgIpc) is 2.70. The topological polar surface area (TPSA) is 77.5 Å². The zero-order valence-electron chi connectivity index (χ0n) is 17.3. The number of nitrogens with zero attached hydrogens (tertiary/aromatic N) is 1. The van der Waals surface area contributed by atoms with Gasteiger partial charge in [-0.05, 0) is 69.4 Å². The number of aryl methyl sites for hydroxylation is 1.